The zero-order chi connectivity index (χ0) is 27.3. The van der Waals surface area contributed by atoms with Crippen molar-refractivity contribution in [1.29, 1.82) is 0 Å². The number of carbonyl (C=O) groups is 1. The minimum absolute atomic E-state index is 0.213. The molecule has 1 fully saturated rings. The molecule has 0 radical (unpaired) electrons. The molecule has 0 saturated carbocycles. The molecule has 0 aliphatic carbocycles. The SMILES string of the molecule is COc1ccc(OC)c2sc(N(CCCN(C)C)C(=O)c3ccc(S(=O)(=O)N4CCCCCC4)cc3)nc12. The number of ether oxygens (including phenoxy) is 2. The third kappa shape index (κ3) is 6.12. The minimum Gasteiger partial charge on any atom is -0.495 e. The molecule has 0 N–H and O–H groups in total. The Morgan fingerprint density at radius 3 is 2.18 bits per heavy atom. The van der Waals surface area contributed by atoms with Gasteiger partial charge in [-0.15, -0.1) is 0 Å². The van der Waals surface area contributed by atoms with Gasteiger partial charge in [-0.1, -0.05) is 24.2 Å². The van der Waals surface area contributed by atoms with E-state index in [1.165, 1.54) is 23.5 Å². The van der Waals surface area contributed by atoms with Crippen molar-refractivity contribution in [2.24, 2.45) is 0 Å². The molecular weight excluding hydrogens is 524 g/mol. The van der Waals surface area contributed by atoms with Crippen LogP contribution in [0.2, 0.25) is 0 Å². The summed E-state index contributed by atoms with van der Waals surface area (Å²) in [6.45, 7) is 2.32. The fourth-order valence-electron chi connectivity index (χ4n) is 4.58. The number of sulfonamides is 1. The molecule has 9 nitrogen and oxygen atoms in total. The summed E-state index contributed by atoms with van der Waals surface area (Å²) in [4.78, 5) is 22.5. The summed E-state index contributed by atoms with van der Waals surface area (Å²) < 4.78 is 39.8. The lowest BCUT2D eigenvalue weighted by Crippen LogP contribution is -2.34. The average molecular weight is 561 g/mol. The van der Waals surface area contributed by atoms with E-state index in [2.05, 4.69) is 4.90 Å². The predicted molar refractivity (Wildman–Crippen MR) is 151 cm³/mol. The van der Waals surface area contributed by atoms with E-state index in [0.717, 1.165) is 43.3 Å². The first-order valence-electron chi connectivity index (χ1n) is 12.8. The van der Waals surface area contributed by atoms with Crippen molar-refractivity contribution < 1.29 is 22.7 Å². The molecule has 1 aromatic heterocycles. The number of amides is 1. The number of nitrogens with zero attached hydrogens (tertiary/aromatic N) is 4. The fourth-order valence-corrected chi connectivity index (χ4v) is 7.19. The van der Waals surface area contributed by atoms with Crippen LogP contribution in [0.4, 0.5) is 5.13 Å². The zero-order valence-corrected chi connectivity index (χ0v) is 24.1. The van der Waals surface area contributed by atoms with Crippen molar-refractivity contribution in [1.82, 2.24) is 14.2 Å². The Labute approximate surface area is 229 Å². The van der Waals surface area contributed by atoms with E-state index in [1.54, 1.807) is 41.6 Å². The van der Waals surface area contributed by atoms with Crippen LogP contribution in [0.3, 0.4) is 0 Å². The summed E-state index contributed by atoms with van der Waals surface area (Å²) >= 11 is 1.37. The predicted octanol–water partition coefficient (Wildman–Crippen LogP) is 4.48. The number of rotatable bonds is 10. The Morgan fingerprint density at radius 1 is 0.947 bits per heavy atom. The molecule has 4 rings (SSSR count). The van der Waals surface area contributed by atoms with E-state index in [0.29, 0.717) is 47.3 Å². The van der Waals surface area contributed by atoms with Crippen molar-refractivity contribution in [2.75, 3.05) is 59.4 Å². The Kier molecular flexibility index (Phi) is 9.24. The molecule has 0 spiro atoms. The van der Waals surface area contributed by atoms with E-state index in [1.807, 2.05) is 20.2 Å². The van der Waals surface area contributed by atoms with Crippen LogP contribution in [0.15, 0.2) is 41.3 Å². The lowest BCUT2D eigenvalue weighted by Gasteiger charge is -2.22. The summed E-state index contributed by atoms with van der Waals surface area (Å²) in [5.74, 6) is 1.03. The van der Waals surface area contributed by atoms with Gasteiger partial charge in [0.25, 0.3) is 5.91 Å². The van der Waals surface area contributed by atoms with E-state index >= 15 is 0 Å². The highest BCUT2D eigenvalue weighted by Crippen LogP contribution is 2.40. The Balaban J connectivity index is 1.65. The fraction of sp³-hybridized carbons (Fsp3) is 0.481. The maximum atomic E-state index is 13.8. The first kappa shape index (κ1) is 28.3. The largest absolute Gasteiger partial charge is 0.495 e. The van der Waals surface area contributed by atoms with Crippen LogP contribution in [0.5, 0.6) is 11.5 Å². The molecule has 2 heterocycles. The first-order chi connectivity index (χ1) is 18.3. The Hall–Kier alpha value is -2.73. The quantitative estimate of drug-likeness (QED) is 0.361. The number of methoxy groups -OCH3 is 2. The highest BCUT2D eigenvalue weighted by atomic mass is 32.2. The molecule has 38 heavy (non-hydrogen) atoms. The Bertz CT molecular complexity index is 1310. The number of carbonyl (C=O) groups excluding carboxylic acids is 1. The van der Waals surface area contributed by atoms with Gasteiger partial charge in [0.2, 0.25) is 10.0 Å². The molecule has 1 amide bonds. The maximum absolute atomic E-state index is 13.8. The smallest absolute Gasteiger partial charge is 0.260 e. The van der Waals surface area contributed by atoms with E-state index in [4.69, 9.17) is 14.5 Å². The van der Waals surface area contributed by atoms with Crippen LogP contribution in [0.1, 0.15) is 42.5 Å². The van der Waals surface area contributed by atoms with Crippen molar-refractivity contribution >= 4 is 42.6 Å². The maximum Gasteiger partial charge on any atom is 0.260 e. The third-order valence-corrected chi connectivity index (χ3v) is 9.67. The van der Waals surface area contributed by atoms with Crippen molar-refractivity contribution in [3.63, 3.8) is 0 Å². The monoisotopic (exact) mass is 560 g/mol. The molecule has 11 heteroatoms. The number of thiazole rings is 1. The van der Waals surface area contributed by atoms with Crippen LogP contribution < -0.4 is 14.4 Å². The van der Waals surface area contributed by atoms with Crippen LogP contribution in [0, 0.1) is 0 Å². The van der Waals surface area contributed by atoms with Crippen LogP contribution in [0.25, 0.3) is 10.2 Å². The molecule has 206 valence electrons. The number of fused-ring (bicyclic) bond motifs is 1. The van der Waals surface area contributed by atoms with Crippen LogP contribution in [-0.2, 0) is 10.0 Å². The highest BCUT2D eigenvalue weighted by molar-refractivity contribution is 7.89. The molecule has 2 aromatic carbocycles. The third-order valence-electron chi connectivity index (χ3n) is 6.67. The summed E-state index contributed by atoms with van der Waals surface area (Å²) in [5.41, 5.74) is 1.04. The molecule has 3 aromatic rings. The van der Waals surface area contributed by atoms with E-state index < -0.39 is 10.0 Å². The van der Waals surface area contributed by atoms with Gasteiger partial charge in [-0.3, -0.25) is 9.69 Å². The van der Waals surface area contributed by atoms with Crippen molar-refractivity contribution in [2.45, 2.75) is 37.0 Å². The molecule has 1 aliphatic rings. The van der Waals surface area contributed by atoms with Gasteiger partial charge in [0.05, 0.1) is 19.1 Å². The molecule has 0 atom stereocenters. The lowest BCUT2D eigenvalue weighted by molar-refractivity contribution is 0.0986. The molecule has 0 bridgehead atoms. The first-order valence-corrected chi connectivity index (χ1v) is 15.1. The lowest BCUT2D eigenvalue weighted by atomic mass is 10.2. The summed E-state index contributed by atoms with van der Waals surface area (Å²) in [7, 11) is 3.57. The van der Waals surface area contributed by atoms with Gasteiger partial charge in [0.15, 0.2) is 5.13 Å². The topological polar surface area (TPSA) is 92.3 Å². The second-order valence-corrected chi connectivity index (χ2v) is 12.5. The molecule has 1 saturated heterocycles. The molecular formula is C27H36N4O5S2. The summed E-state index contributed by atoms with van der Waals surface area (Å²) in [6.07, 6.45) is 4.58. The summed E-state index contributed by atoms with van der Waals surface area (Å²) in [5, 5.41) is 0.535. The standard InChI is InChI=1S/C27H36N4O5S2/c1-29(2)16-9-19-31(27-28-24-22(35-3)14-15-23(36-4)25(24)37-27)26(32)20-10-12-21(13-11-20)38(33,34)30-17-7-5-6-8-18-30/h10-15H,5-9,16-19H2,1-4H3. The zero-order valence-electron chi connectivity index (χ0n) is 22.5. The number of hydrogen-bond acceptors (Lipinski definition) is 8. The molecule has 1 aliphatic heterocycles. The van der Waals surface area contributed by atoms with Crippen molar-refractivity contribution in [3.8, 4) is 11.5 Å². The van der Waals surface area contributed by atoms with E-state index in [-0.39, 0.29) is 10.8 Å². The second kappa shape index (κ2) is 12.4. The Morgan fingerprint density at radius 2 is 1.58 bits per heavy atom. The minimum atomic E-state index is -3.59. The van der Waals surface area contributed by atoms with Gasteiger partial charge >= 0.3 is 0 Å². The van der Waals surface area contributed by atoms with Gasteiger partial charge in [0, 0.05) is 25.2 Å². The van der Waals surface area contributed by atoms with Crippen LogP contribution in [-0.4, -0.2) is 83.0 Å². The van der Waals surface area contributed by atoms with Crippen molar-refractivity contribution in [3.05, 3.63) is 42.0 Å². The summed E-state index contributed by atoms with van der Waals surface area (Å²) in [6, 6.07) is 9.89. The second-order valence-electron chi connectivity index (χ2n) is 9.60. The molecule has 0 unspecified atom stereocenters. The number of hydrogen-bond donors (Lipinski definition) is 0. The van der Waals surface area contributed by atoms with Gasteiger partial charge in [0.1, 0.15) is 21.7 Å². The highest BCUT2D eigenvalue weighted by Gasteiger charge is 2.27. The van der Waals surface area contributed by atoms with Gasteiger partial charge in [-0.05, 0) is 76.3 Å². The number of anilines is 1. The van der Waals surface area contributed by atoms with E-state index in [9.17, 15) is 13.2 Å². The van der Waals surface area contributed by atoms with Gasteiger partial charge in [-0.2, -0.15) is 4.31 Å². The number of benzene rings is 2. The number of aromatic nitrogens is 1. The normalized spacial score (nSPS) is 15.0. The van der Waals surface area contributed by atoms with Gasteiger partial charge < -0.3 is 14.4 Å². The average Bonchev–Trinajstić information content (AvgIpc) is 3.16. The van der Waals surface area contributed by atoms with Gasteiger partial charge in [-0.25, -0.2) is 13.4 Å². The van der Waals surface area contributed by atoms with Crippen LogP contribution >= 0.6 is 11.3 Å².